The Balaban J connectivity index is 2.26. The highest BCUT2D eigenvalue weighted by Crippen LogP contribution is 2.25. The number of amides is 1. The molecule has 0 aliphatic carbocycles. The third kappa shape index (κ3) is 3.48. The lowest BCUT2D eigenvalue weighted by molar-refractivity contribution is -0.122. The first-order valence-corrected chi connectivity index (χ1v) is 6.75. The van der Waals surface area contributed by atoms with E-state index in [4.69, 9.17) is 11.6 Å². The van der Waals surface area contributed by atoms with Gasteiger partial charge in [0.15, 0.2) is 0 Å². The number of carbonyl (C=O) groups is 1. The minimum absolute atomic E-state index is 0.163. The zero-order valence-electron chi connectivity index (χ0n) is 11.4. The Labute approximate surface area is 118 Å². The Morgan fingerprint density at radius 3 is 2.37 bits per heavy atom. The van der Waals surface area contributed by atoms with Crippen molar-refractivity contribution in [3.8, 4) is 0 Å². The van der Waals surface area contributed by atoms with Crippen LogP contribution in [0.4, 0.5) is 0 Å². The van der Waals surface area contributed by atoms with E-state index >= 15 is 0 Å². The van der Waals surface area contributed by atoms with E-state index in [2.05, 4.69) is 5.32 Å². The van der Waals surface area contributed by atoms with E-state index < -0.39 is 5.38 Å². The predicted molar refractivity (Wildman–Crippen MR) is 80.4 cm³/mol. The highest BCUT2D eigenvalue weighted by molar-refractivity contribution is 6.31. The van der Waals surface area contributed by atoms with Gasteiger partial charge in [0.25, 0.3) is 0 Å². The largest absolute Gasteiger partial charge is 0.350 e. The summed E-state index contributed by atoms with van der Waals surface area (Å²) < 4.78 is 0. The van der Waals surface area contributed by atoms with Gasteiger partial charge < -0.3 is 5.32 Å². The Hall–Kier alpha value is -1.54. The van der Waals surface area contributed by atoms with Gasteiger partial charge in [0, 0.05) is 5.54 Å². The van der Waals surface area contributed by atoms with Gasteiger partial charge in [-0.2, -0.15) is 0 Å². The molecule has 2 rings (SSSR count). The lowest BCUT2D eigenvalue weighted by Crippen LogP contribution is -2.42. The summed E-state index contributed by atoms with van der Waals surface area (Å²) in [6.07, 6.45) is 0. The highest BCUT2D eigenvalue weighted by atomic mass is 35.5. The Morgan fingerprint density at radius 1 is 1.11 bits per heavy atom. The minimum atomic E-state index is -0.663. The van der Waals surface area contributed by atoms with Gasteiger partial charge in [-0.05, 0) is 43.2 Å². The fraction of sp³-hybridized carbons (Fsp3) is 0.312. The van der Waals surface area contributed by atoms with Gasteiger partial charge in [-0.25, -0.2) is 0 Å². The van der Waals surface area contributed by atoms with Gasteiger partial charge >= 0.3 is 0 Å². The second-order valence-electron chi connectivity index (χ2n) is 5.71. The Kier molecular flexibility index (Phi) is 3.81. The van der Waals surface area contributed by atoms with Crippen molar-refractivity contribution in [2.45, 2.75) is 31.7 Å². The first-order valence-electron chi connectivity index (χ1n) is 6.32. The van der Waals surface area contributed by atoms with Crippen molar-refractivity contribution in [3.63, 3.8) is 0 Å². The summed E-state index contributed by atoms with van der Waals surface area (Å²) in [5.41, 5.74) is 0.545. The molecule has 19 heavy (non-hydrogen) atoms. The number of hydrogen-bond donors (Lipinski definition) is 1. The first-order chi connectivity index (χ1) is 8.87. The van der Waals surface area contributed by atoms with Crippen LogP contribution in [0, 0.1) is 0 Å². The molecular weight excluding hydrogens is 258 g/mol. The third-order valence-electron chi connectivity index (χ3n) is 2.79. The van der Waals surface area contributed by atoms with Crippen LogP contribution in [-0.2, 0) is 4.79 Å². The van der Waals surface area contributed by atoms with Gasteiger partial charge in [-0.3, -0.25) is 4.79 Å². The lowest BCUT2D eigenvalue weighted by Gasteiger charge is -2.22. The predicted octanol–water partition coefficient (Wildman–Crippen LogP) is 4.03. The van der Waals surface area contributed by atoms with Crippen molar-refractivity contribution >= 4 is 28.3 Å². The van der Waals surface area contributed by atoms with Crippen molar-refractivity contribution in [3.05, 3.63) is 48.0 Å². The van der Waals surface area contributed by atoms with E-state index in [1.807, 2.05) is 63.2 Å². The molecule has 1 atom stereocenters. The molecule has 0 aliphatic rings. The molecule has 2 aromatic rings. The summed E-state index contributed by atoms with van der Waals surface area (Å²) in [5, 5.41) is 4.47. The van der Waals surface area contributed by atoms with Crippen LogP contribution in [-0.4, -0.2) is 11.4 Å². The van der Waals surface area contributed by atoms with Crippen molar-refractivity contribution in [2.75, 3.05) is 0 Å². The monoisotopic (exact) mass is 275 g/mol. The van der Waals surface area contributed by atoms with Crippen LogP contribution in [0.2, 0.25) is 0 Å². The zero-order valence-corrected chi connectivity index (χ0v) is 12.2. The molecule has 100 valence electrons. The van der Waals surface area contributed by atoms with Crippen molar-refractivity contribution in [1.82, 2.24) is 5.32 Å². The quantitative estimate of drug-likeness (QED) is 0.824. The van der Waals surface area contributed by atoms with Gasteiger partial charge in [0.1, 0.15) is 5.38 Å². The van der Waals surface area contributed by atoms with E-state index in [0.717, 1.165) is 16.3 Å². The van der Waals surface area contributed by atoms with Crippen LogP contribution in [0.5, 0.6) is 0 Å². The smallest absolute Gasteiger partial charge is 0.243 e. The fourth-order valence-electron chi connectivity index (χ4n) is 1.95. The zero-order chi connectivity index (χ0) is 14.0. The second kappa shape index (κ2) is 5.22. The highest BCUT2D eigenvalue weighted by Gasteiger charge is 2.22. The van der Waals surface area contributed by atoms with Gasteiger partial charge in [-0.1, -0.05) is 36.4 Å². The molecule has 0 saturated carbocycles. The summed E-state index contributed by atoms with van der Waals surface area (Å²) in [6, 6.07) is 13.9. The molecule has 2 aromatic carbocycles. The molecule has 0 bridgehead atoms. The van der Waals surface area contributed by atoms with Gasteiger partial charge in [0.05, 0.1) is 0 Å². The van der Waals surface area contributed by atoms with Crippen LogP contribution in [0.1, 0.15) is 31.7 Å². The number of hydrogen-bond acceptors (Lipinski definition) is 1. The third-order valence-corrected chi connectivity index (χ3v) is 3.24. The summed E-state index contributed by atoms with van der Waals surface area (Å²) in [4.78, 5) is 12.1. The van der Waals surface area contributed by atoms with E-state index in [1.165, 1.54) is 0 Å². The summed E-state index contributed by atoms with van der Waals surface area (Å²) >= 11 is 6.25. The first kappa shape index (κ1) is 13.9. The molecule has 1 unspecified atom stereocenters. The topological polar surface area (TPSA) is 29.1 Å². The van der Waals surface area contributed by atoms with Crippen LogP contribution in [0.3, 0.4) is 0 Å². The van der Waals surface area contributed by atoms with Crippen LogP contribution in [0.25, 0.3) is 10.8 Å². The number of halogens is 1. The average molecular weight is 276 g/mol. The van der Waals surface area contributed by atoms with Crippen molar-refractivity contribution in [2.24, 2.45) is 0 Å². The molecule has 3 heteroatoms. The Morgan fingerprint density at radius 2 is 1.74 bits per heavy atom. The maximum absolute atomic E-state index is 12.1. The van der Waals surface area contributed by atoms with E-state index in [-0.39, 0.29) is 11.4 Å². The van der Waals surface area contributed by atoms with E-state index in [0.29, 0.717) is 0 Å². The number of alkyl halides is 1. The summed E-state index contributed by atoms with van der Waals surface area (Å²) in [5.74, 6) is -0.163. The Bertz CT molecular complexity index is 601. The van der Waals surface area contributed by atoms with Crippen LogP contribution in [0.15, 0.2) is 42.5 Å². The lowest BCUT2D eigenvalue weighted by atomic mass is 10.0. The van der Waals surface area contributed by atoms with Crippen molar-refractivity contribution < 1.29 is 4.79 Å². The van der Waals surface area contributed by atoms with E-state index in [9.17, 15) is 4.79 Å². The maximum atomic E-state index is 12.1. The molecule has 0 saturated heterocycles. The number of rotatable bonds is 2. The molecule has 1 N–H and O–H groups in total. The molecular formula is C16H18ClNO. The SMILES string of the molecule is CC(C)(C)NC(=O)C(Cl)c1ccc2ccccc2c1. The average Bonchev–Trinajstić information content (AvgIpc) is 2.35. The molecule has 0 fully saturated rings. The number of nitrogens with one attached hydrogen (secondary N) is 1. The summed E-state index contributed by atoms with van der Waals surface area (Å²) in [6.45, 7) is 5.82. The number of benzene rings is 2. The van der Waals surface area contributed by atoms with Crippen LogP contribution >= 0.6 is 11.6 Å². The molecule has 0 radical (unpaired) electrons. The van der Waals surface area contributed by atoms with Gasteiger partial charge in [0.2, 0.25) is 5.91 Å². The minimum Gasteiger partial charge on any atom is -0.350 e. The molecule has 1 amide bonds. The van der Waals surface area contributed by atoms with Crippen molar-refractivity contribution in [1.29, 1.82) is 0 Å². The van der Waals surface area contributed by atoms with E-state index in [1.54, 1.807) is 0 Å². The standard InChI is InChI=1S/C16H18ClNO/c1-16(2,3)18-15(19)14(17)13-9-8-11-6-4-5-7-12(11)10-13/h4-10,14H,1-3H3,(H,18,19). The normalized spacial score (nSPS) is 13.3. The van der Waals surface area contributed by atoms with Crippen LogP contribution < -0.4 is 5.32 Å². The molecule has 2 nitrogen and oxygen atoms in total. The number of carbonyl (C=O) groups excluding carboxylic acids is 1. The summed E-state index contributed by atoms with van der Waals surface area (Å²) in [7, 11) is 0. The molecule has 0 aromatic heterocycles. The molecule has 0 aliphatic heterocycles. The fourth-order valence-corrected chi connectivity index (χ4v) is 2.14. The molecule has 0 spiro atoms. The number of fused-ring (bicyclic) bond motifs is 1. The van der Waals surface area contributed by atoms with Gasteiger partial charge in [-0.15, -0.1) is 11.6 Å². The maximum Gasteiger partial charge on any atom is 0.243 e. The molecule has 0 heterocycles. The second-order valence-corrected chi connectivity index (χ2v) is 6.14.